The molecule has 0 saturated carbocycles. The third kappa shape index (κ3) is 5.30. The summed E-state index contributed by atoms with van der Waals surface area (Å²) in [7, 11) is 1.38. The van der Waals surface area contributed by atoms with Crippen molar-refractivity contribution in [3.63, 3.8) is 0 Å². The topological polar surface area (TPSA) is 72.5 Å². The predicted octanol–water partition coefficient (Wildman–Crippen LogP) is 2.67. The number of hydrogen-bond donors (Lipinski definition) is 1. The number of ether oxygens (including phenoxy) is 1. The van der Waals surface area contributed by atoms with E-state index < -0.39 is 9.05 Å². The molecule has 0 heterocycles. The molecular weight excluding hydrogens is 370 g/mol. The van der Waals surface area contributed by atoms with Crippen LogP contribution >= 0.6 is 26.6 Å². The number of hydrogen-bond acceptors (Lipinski definition) is 4. The van der Waals surface area contributed by atoms with Crippen LogP contribution in [0.4, 0.5) is 0 Å². The summed E-state index contributed by atoms with van der Waals surface area (Å²) >= 11 is 3.15. The minimum absolute atomic E-state index is 0.0345. The molecule has 20 heavy (non-hydrogen) atoms. The number of benzene rings is 1. The Morgan fingerprint density at radius 1 is 1.50 bits per heavy atom. The molecule has 0 saturated heterocycles. The Morgan fingerprint density at radius 2 is 2.15 bits per heavy atom. The zero-order chi connectivity index (χ0) is 15.3. The lowest BCUT2D eigenvalue weighted by molar-refractivity contribution is -0.123. The van der Waals surface area contributed by atoms with Gasteiger partial charge in [0.15, 0.2) is 6.61 Å². The van der Waals surface area contributed by atoms with Gasteiger partial charge in [0.1, 0.15) is 10.6 Å². The van der Waals surface area contributed by atoms with Crippen molar-refractivity contribution in [2.75, 3.05) is 6.61 Å². The molecule has 1 atom stereocenters. The first kappa shape index (κ1) is 17.3. The van der Waals surface area contributed by atoms with E-state index in [0.29, 0.717) is 4.47 Å². The van der Waals surface area contributed by atoms with Gasteiger partial charge in [0.2, 0.25) is 0 Å². The van der Waals surface area contributed by atoms with Gasteiger partial charge in [0.05, 0.1) is 0 Å². The fourth-order valence-electron chi connectivity index (χ4n) is 1.35. The van der Waals surface area contributed by atoms with Crippen LogP contribution in [-0.2, 0) is 13.8 Å². The van der Waals surface area contributed by atoms with E-state index in [1.165, 1.54) is 12.1 Å². The van der Waals surface area contributed by atoms with Gasteiger partial charge in [-0.3, -0.25) is 4.79 Å². The number of rotatable bonds is 6. The van der Waals surface area contributed by atoms with Crippen molar-refractivity contribution in [2.24, 2.45) is 0 Å². The average molecular weight is 385 g/mol. The largest absolute Gasteiger partial charge is 0.482 e. The van der Waals surface area contributed by atoms with E-state index in [0.717, 1.165) is 6.42 Å². The summed E-state index contributed by atoms with van der Waals surface area (Å²) in [6, 6.07) is 4.40. The second-order valence-corrected chi connectivity index (χ2v) is 7.64. The van der Waals surface area contributed by atoms with Crippen LogP contribution in [-0.4, -0.2) is 27.0 Å². The van der Waals surface area contributed by atoms with Crippen LogP contribution < -0.4 is 10.1 Å². The number of nitrogens with one attached hydrogen (secondary N) is 1. The van der Waals surface area contributed by atoms with Crippen molar-refractivity contribution in [3.8, 4) is 5.75 Å². The van der Waals surface area contributed by atoms with Crippen LogP contribution in [0.2, 0.25) is 0 Å². The van der Waals surface area contributed by atoms with Crippen LogP contribution in [0, 0.1) is 0 Å². The van der Waals surface area contributed by atoms with Gasteiger partial charge in [-0.05, 0) is 31.5 Å². The number of carbonyl (C=O) groups excluding carboxylic acids is 1. The van der Waals surface area contributed by atoms with Gasteiger partial charge in [0.25, 0.3) is 15.0 Å². The highest BCUT2D eigenvalue weighted by molar-refractivity contribution is 9.10. The lowest BCUT2D eigenvalue weighted by Gasteiger charge is -2.13. The third-order valence-corrected chi connectivity index (χ3v) is 4.38. The molecule has 112 valence electrons. The van der Waals surface area contributed by atoms with E-state index in [4.69, 9.17) is 15.4 Å². The molecule has 1 amide bonds. The molecule has 0 aliphatic heterocycles. The van der Waals surface area contributed by atoms with E-state index in [-0.39, 0.29) is 29.2 Å². The van der Waals surface area contributed by atoms with Gasteiger partial charge >= 0.3 is 0 Å². The summed E-state index contributed by atoms with van der Waals surface area (Å²) in [5, 5.41) is 2.71. The maximum atomic E-state index is 11.6. The molecule has 1 N–H and O–H groups in total. The van der Waals surface area contributed by atoms with Gasteiger partial charge in [-0.2, -0.15) is 0 Å². The summed E-state index contributed by atoms with van der Waals surface area (Å²) in [4.78, 5) is 11.4. The van der Waals surface area contributed by atoms with Crippen LogP contribution in [0.25, 0.3) is 0 Å². The normalized spacial score (nSPS) is 12.8. The lowest BCUT2D eigenvalue weighted by atomic mass is 10.2. The van der Waals surface area contributed by atoms with Gasteiger partial charge in [-0.15, -0.1) is 0 Å². The highest BCUT2D eigenvalue weighted by Gasteiger charge is 2.18. The number of halogens is 2. The second kappa shape index (κ2) is 7.28. The molecule has 0 bridgehead atoms. The maximum Gasteiger partial charge on any atom is 0.265 e. The Balaban J connectivity index is 2.81. The smallest absolute Gasteiger partial charge is 0.265 e. The van der Waals surface area contributed by atoms with Gasteiger partial charge < -0.3 is 10.1 Å². The van der Waals surface area contributed by atoms with Crippen LogP contribution in [0.3, 0.4) is 0 Å². The maximum absolute atomic E-state index is 11.6. The van der Waals surface area contributed by atoms with Crippen LogP contribution in [0.5, 0.6) is 5.75 Å². The average Bonchev–Trinajstić information content (AvgIpc) is 2.36. The molecule has 1 aromatic rings. The van der Waals surface area contributed by atoms with Crippen molar-refractivity contribution in [1.29, 1.82) is 0 Å². The summed E-state index contributed by atoms with van der Waals surface area (Å²) in [6.07, 6.45) is 0.797. The number of amides is 1. The summed E-state index contributed by atoms with van der Waals surface area (Å²) in [6.45, 7) is 3.54. The third-order valence-electron chi connectivity index (χ3n) is 2.55. The zero-order valence-corrected chi connectivity index (χ0v) is 14.2. The molecule has 0 aliphatic rings. The minimum atomic E-state index is -3.95. The fourth-order valence-corrected chi connectivity index (χ4v) is 2.86. The molecule has 0 aromatic heterocycles. The molecule has 1 rings (SSSR count). The molecule has 8 heteroatoms. The minimum Gasteiger partial charge on any atom is -0.482 e. The zero-order valence-electron chi connectivity index (χ0n) is 11.0. The molecule has 5 nitrogen and oxygen atoms in total. The Morgan fingerprint density at radius 3 is 2.70 bits per heavy atom. The van der Waals surface area contributed by atoms with E-state index in [1.54, 1.807) is 6.07 Å². The molecular formula is C12H15BrClNO4S. The van der Waals surface area contributed by atoms with Gasteiger partial charge in [-0.1, -0.05) is 22.9 Å². The first-order valence-electron chi connectivity index (χ1n) is 5.90. The Bertz CT molecular complexity index is 591. The lowest BCUT2D eigenvalue weighted by Crippen LogP contribution is -2.35. The number of carbonyl (C=O) groups is 1. The SMILES string of the molecule is CCC(C)NC(=O)COc1ccc(Br)cc1S(=O)(=O)Cl. The van der Waals surface area contributed by atoms with Crippen molar-refractivity contribution in [3.05, 3.63) is 22.7 Å². The highest BCUT2D eigenvalue weighted by atomic mass is 79.9. The summed E-state index contributed by atoms with van der Waals surface area (Å²) in [5.41, 5.74) is 0. The highest BCUT2D eigenvalue weighted by Crippen LogP contribution is 2.29. The molecule has 0 spiro atoms. The van der Waals surface area contributed by atoms with Crippen molar-refractivity contribution in [1.82, 2.24) is 5.32 Å². The predicted molar refractivity (Wildman–Crippen MR) is 80.6 cm³/mol. The Labute approximate surface area is 131 Å². The van der Waals surface area contributed by atoms with E-state index in [2.05, 4.69) is 21.2 Å². The Hall–Kier alpha value is -0.790. The van der Waals surface area contributed by atoms with Gasteiger partial charge in [0, 0.05) is 21.2 Å². The van der Waals surface area contributed by atoms with Crippen molar-refractivity contribution < 1.29 is 17.9 Å². The summed E-state index contributed by atoms with van der Waals surface area (Å²) in [5.74, 6) is -0.275. The monoisotopic (exact) mass is 383 g/mol. The van der Waals surface area contributed by atoms with Gasteiger partial charge in [-0.25, -0.2) is 8.42 Å². The first-order chi connectivity index (χ1) is 9.24. The second-order valence-electron chi connectivity index (χ2n) is 4.19. The summed E-state index contributed by atoms with van der Waals surface area (Å²) < 4.78 is 28.7. The molecule has 0 aliphatic carbocycles. The van der Waals surface area contributed by atoms with E-state index >= 15 is 0 Å². The molecule has 1 aromatic carbocycles. The molecule has 1 unspecified atom stereocenters. The quantitative estimate of drug-likeness (QED) is 0.765. The fraction of sp³-hybridized carbons (Fsp3) is 0.417. The standard InChI is InChI=1S/C12H15BrClNO4S/c1-3-8(2)15-12(16)7-19-10-5-4-9(13)6-11(10)20(14,17)18/h4-6,8H,3,7H2,1-2H3,(H,15,16). The van der Waals surface area contributed by atoms with Crippen molar-refractivity contribution in [2.45, 2.75) is 31.2 Å². The Kier molecular flexibility index (Phi) is 6.29. The van der Waals surface area contributed by atoms with Crippen molar-refractivity contribution >= 4 is 41.6 Å². The molecule has 0 radical (unpaired) electrons. The molecule has 0 fully saturated rings. The van der Waals surface area contributed by atoms with Crippen LogP contribution in [0.1, 0.15) is 20.3 Å². The van der Waals surface area contributed by atoms with Crippen LogP contribution in [0.15, 0.2) is 27.6 Å². The first-order valence-corrected chi connectivity index (χ1v) is 9.00. The van der Waals surface area contributed by atoms with E-state index in [1.807, 2.05) is 13.8 Å². The van der Waals surface area contributed by atoms with E-state index in [9.17, 15) is 13.2 Å².